The highest BCUT2D eigenvalue weighted by Crippen LogP contribution is 2.15. The monoisotopic (exact) mass is 179 g/mol. The molecule has 2 N–H and O–H groups in total. The summed E-state index contributed by atoms with van der Waals surface area (Å²) in [5.74, 6) is -0.317. The number of benzene rings is 1. The lowest BCUT2D eigenvalue weighted by molar-refractivity contribution is -0.132. The smallest absolute Gasteiger partial charge is 0.325 e. The number of aldehydes is 1. The summed E-state index contributed by atoms with van der Waals surface area (Å²) < 4.78 is 4.79. The second-order valence-corrected chi connectivity index (χ2v) is 2.33. The lowest BCUT2D eigenvalue weighted by atomic mass is 10.2. The number of nitrogens with two attached hydrogens (primary N) is 1. The number of carbonyl (C=O) groups is 2. The van der Waals surface area contributed by atoms with Crippen LogP contribution in [0.3, 0.4) is 0 Å². The van der Waals surface area contributed by atoms with Gasteiger partial charge in [0.1, 0.15) is 5.75 Å². The summed E-state index contributed by atoms with van der Waals surface area (Å²) >= 11 is 0. The second kappa shape index (κ2) is 4.37. The molecule has 0 radical (unpaired) electrons. The highest BCUT2D eigenvalue weighted by atomic mass is 16.5. The van der Waals surface area contributed by atoms with E-state index in [0.717, 1.165) is 0 Å². The fraction of sp³-hybridized carbons (Fsp3) is 0.111. The molecular weight excluding hydrogens is 170 g/mol. The maximum atomic E-state index is 10.8. The number of rotatable bonds is 3. The van der Waals surface area contributed by atoms with Gasteiger partial charge in [-0.2, -0.15) is 0 Å². The Morgan fingerprint density at radius 1 is 1.46 bits per heavy atom. The molecule has 0 fully saturated rings. The number of hydrogen-bond acceptors (Lipinski definition) is 4. The molecule has 0 unspecified atom stereocenters. The van der Waals surface area contributed by atoms with Gasteiger partial charge >= 0.3 is 5.97 Å². The molecule has 0 amide bonds. The Morgan fingerprint density at radius 3 is 2.77 bits per heavy atom. The van der Waals surface area contributed by atoms with Crippen LogP contribution in [0.1, 0.15) is 10.4 Å². The summed E-state index contributed by atoms with van der Waals surface area (Å²) in [7, 11) is 0. The Labute approximate surface area is 75.3 Å². The molecule has 4 heteroatoms. The van der Waals surface area contributed by atoms with Crippen molar-refractivity contribution in [1.29, 1.82) is 0 Å². The fourth-order valence-corrected chi connectivity index (χ4v) is 0.835. The highest BCUT2D eigenvalue weighted by Gasteiger charge is 2.05. The van der Waals surface area contributed by atoms with Crippen LogP contribution in [0, 0.1) is 0 Å². The average Bonchev–Trinajstić information content (AvgIpc) is 2.18. The topological polar surface area (TPSA) is 69.4 Å². The predicted octanol–water partition coefficient (Wildman–Crippen LogP) is 0.363. The van der Waals surface area contributed by atoms with Crippen LogP contribution in [0.4, 0.5) is 0 Å². The summed E-state index contributed by atoms with van der Waals surface area (Å²) in [5.41, 5.74) is 5.39. The van der Waals surface area contributed by atoms with Crippen molar-refractivity contribution >= 4 is 12.3 Å². The van der Waals surface area contributed by atoms with Gasteiger partial charge in [-0.15, -0.1) is 0 Å². The third-order valence-corrected chi connectivity index (χ3v) is 1.44. The first kappa shape index (κ1) is 9.41. The van der Waals surface area contributed by atoms with Gasteiger partial charge in [-0.3, -0.25) is 9.59 Å². The van der Waals surface area contributed by atoms with Crippen molar-refractivity contribution in [2.24, 2.45) is 5.73 Å². The van der Waals surface area contributed by atoms with E-state index in [1.807, 2.05) is 0 Å². The standard InChI is InChI=1S/C9H9NO3/c10-5-9(12)13-8-4-2-1-3-7(8)6-11/h1-4,6H,5,10H2. The normalized spacial score (nSPS) is 9.31. The molecule has 0 bridgehead atoms. The molecule has 0 aliphatic heterocycles. The van der Waals surface area contributed by atoms with Crippen molar-refractivity contribution < 1.29 is 14.3 Å². The van der Waals surface area contributed by atoms with Gasteiger partial charge in [0.25, 0.3) is 0 Å². The van der Waals surface area contributed by atoms with E-state index >= 15 is 0 Å². The van der Waals surface area contributed by atoms with Gasteiger partial charge in [-0.1, -0.05) is 12.1 Å². The van der Waals surface area contributed by atoms with Gasteiger partial charge in [0.2, 0.25) is 0 Å². The van der Waals surface area contributed by atoms with Crippen molar-refractivity contribution in [3.05, 3.63) is 29.8 Å². The highest BCUT2D eigenvalue weighted by molar-refractivity contribution is 5.82. The van der Waals surface area contributed by atoms with E-state index in [1.165, 1.54) is 6.07 Å². The first-order chi connectivity index (χ1) is 6.27. The largest absolute Gasteiger partial charge is 0.425 e. The summed E-state index contributed by atoms with van der Waals surface area (Å²) in [4.78, 5) is 21.3. The molecule has 0 aromatic heterocycles. The molecule has 0 spiro atoms. The zero-order valence-electron chi connectivity index (χ0n) is 6.90. The maximum absolute atomic E-state index is 10.8. The molecule has 68 valence electrons. The Bertz CT molecular complexity index is 322. The molecular formula is C9H9NO3. The van der Waals surface area contributed by atoms with E-state index in [1.54, 1.807) is 18.2 Å². The van der Waals surface area contributed by atoms with Gasteiger partial charge in [-0.05, 0) is 12.1 Å². The molecule has 13 heavy (non-hydrogen) atoms. The third kappa shape index (κ3) is 2.38. The number of ether oxygens (including phenoxy) is 1. The minimum absolute atomic E-state index is 0.201. The molecule has 0 saturated heterocycles. The molecule has 0 heterocycles. The lowest BCUT2D eigenvalue weighted by Gasteiger charge is -2.03. The molecule has 1 aromatic carbocycles. The van der Waals surface area contributed by atoms with Crippen LogP contribution in [0.15, 0.2) is 24.3 Å². The van der Waals surface area contributed by atoms with Crippen LogP contribution >= 0.6 is 0 Å². The van der Waals surface area contributed by atoms with E-state index in [0.29, 0.717) is 11.8 Å². The van der Waals surface area contributed by atoms with Crippen molar-refractivity contribution in [3.8, 4) is 5.75 Å². The maximum Gasteiger partial charge on any atom is 0.325 e. The molecule has 0 aliphatic carbocycles. The van der Waals surface area contributed by atoms with E-state index in [-0.39, 0.29) is 12.3 Å². The molecule has 0 saturated carbocycles. The zero-order chi connectivity index (χ0) is 9.68. The minimum atomic E-state index is -0.561. The summed E-state index contributed by atoms with van der Waals surface area (Å²) in [6, 6.07) is 6.46. The lowest BCUT2D eigenvalue weighted by Crippen LogP contribution is -2.19. The van der Waals surface area contributed by atoms with E-state index < -0.39 is 5.97 Å². The minimum Gasteiger partial charge on any atom is -0.425 e. The van der Waals surface area contributed by atoms with Crippen LogP contribution in [0.2, 0.25) is 0 Å². The number of para-hydroxylation sites is 1. The van der Waals surface area contributed by atoms with Crippen LogP contribution in [-0.4, -0.2) is 18.8 Å². The Hall–Kier alpha value is -1.68. The Kier molecular flexibility index (Phi) is 3.16. The molecule has 1 rings (SSSR count). The SMILES string of the molecule is NCC(=O)Oc1ccccc1C=O. The van der Waals surface area contributed by atoms with Crippen LogP contribution < -0.4 is 10.5 Å². The van der Waals surface area contributed by atoms with Gasteiger partial charge < -0.3 is 10.5 Å². The van der Waals surface area contributed by atoms with Crippen LogP contribution in [0.25, 0.3) is 0 Å². The fourth-order valence-electron chi connectivity index (χ4n) is 0.835. The predicted molar refractivity (Wildman–Crippen MR) is 46.5 cm³/mol. The summed E-state index contributed by atoms with van der Waals surface area (Å²) in [6.07, 6.45) is 0.624. The summed E-state index contributed by atoms with van der Waals surface area (Å²) in [6.45, 7) is -0.201. The quantitative estimate of drug-likeness (QED) is 0.413. The van der Waals surface area contributed by atoms with Gasteiger partial charge in [0.05, 0.1) is 12.1 Å². The van der Waals surface area contributed by atoms with E-state index in [9.17, 15) is 9.59 Å². The Morgan fingerprint density at radius 2 is 2.15 bits per heavy atom. The summed E-state index contributed by atoms with van der Waals surface area (Å²) in [5, 5.41) is 0. The van der Waals surface area contributed by atoms with Gasteiger partial charge in [0, 0.05) is 0 Å². The van der Waals surface area contributed by atoms with Crippen molar-refractivity contribution in [2.45, 2.75) is 0 Å². The molecule has 0 aliphatic rings. The van der Waals surface area contributed by atoms with Crippen LogP contribution in [0.5, 0.6) is 5.75 Å². The first-order valence-electron chi connectivity index (χ1n) is 3.73. The van der Waals surface area contributed by atoms with E-state index in [2.05, 4.69) is 0 Å². The van der Waals surface area contributed by atoms with Crippen molar-refractivity contribution in [2.75, 3.05) is 6.54 Å². The van der Waals surface area contributed by atoms with Crippen LogP contribution in [-0.2, 0) is 4.79 Å². The van der Waals surface area contributed by atoms with Crippen molar-refractivity contribution in [1.82, 2.24) is 0 Å². The average molecular weight is 179 g/mol. The molecule has 1 aromatic rings. The second-order valence-electron chi connectivity index (χ2n) is 2.33. The molecule has 0 atom stereocenters. The van der Waals surface area contributed by atoms with Gasteiger partial charge in [-0.25, -0.2) is 0 Å². The number of carbonyl (C=O) groups excluding carboxylic acids is 2. The Balaban J connectivity index is 2.87. The zero-order valence-corrected chi connectivity index (χ0v) is 6.90. The van der Waals surface area contributed by atoms with Crippen molar-refractivity contribution in [3.63, 3.8) is 0 Å². The molecule has 4 nitrogen and oxygen atoms in total. The van der Waals surface area contributed by atoms with E-state index in [4.69, 9.17) is 10.5 Å². The third-order valence-electron chi connectivity index (χ3n) is 1.44. The first-order valence-corrected chi connectivity index (χ1v) is 3.73. The van der Waals surface area contributed by atoms with Gasteiger partial charge in [0.15, 0.2) is 6.29 Å². The number of hydrogen-bond donors (Lipinski definition) is 1. The number of esters is 1.